The lowest BCUT2D eigenvalue weighted by molar-refractivity contribution is -0.133. The van der Waals surface area contributed by atoms with Crippen LogP contribution in [0.15, 0.2) is 24.3 Å². The average Bonchev–Trinajstić information content (AvgIpc) is 2.21. The Morgan fingerprint density at radius 2 is 1.80 bits per heavy atom. The SMILES string of the molecule is CCCc1ccc(NC(=O)C(C)=O)cc1. The molecule has 0 heterocycles. The van der Waals surface area contributed by atoms with Gasteiger partial charge in [0.15, 0.2) is 0 Å². The van der Waals surface area contributed by atoms with Gasteiger partial charge in [-0.2, -0.15) is 0 Å². The van der Waals surface area contributed by atoms with Crippen molar-refractivity contribution in [1.82, 2.24) is 0 Å². The Morgan fingerprint density at radius 1 is 1.20 bits per heavy atom. The summed E-state index contributed by atoms with van der Waals surface area (Å²) in [7, 11) is 0. The van der Waals surface area contributed by atoms with E-state index in [1.807, 2.05) is 24.3 Å². The van der Waals surface area contributed by atoms with Crippen molar-refractivity contribution in [2.75, 3.05) is 5.32 Å². The van der Waals surface area contributed by atoms with Gasteiger partial charge in [-0.25, -0.2) is 0 Å². The number of hydrogen-bond donors (Lipinski definition) is 1. The summed E-state index contributed by atoms with van der Waals surface area (Å²) < 4.78 is 0. The fourth-order valence-corrected chi connectivity index (χ4v) is 1.26. The maximum Gasteiger partial charge on any atom is 0.291 e. The molecule has 15 heavy (non-hydrogen) atoms. The number of aryl methyl sites for hydroxylation is 1. The summed E-state index contributed by atoms with van der Waals surface area (Å²) in [4.78, 5) is 21.8. The van der Waals surface area contributed by atoms with E-state index < -0.39 is 11.7 Å². The zero-order chi connectivity index (χ0) is 11.3. The lowest BCUT2D eigenvalue weighted by Gasteiger charge is -2.03. The summed E-state index contributed by atoms with van der Waals surface area (Å²) in [5.41, 5.74) is 1.90. The lowest BCUT2D eigenvalue weighted by atomic mass is 10.1. The molecule has 80 valence electrons. The molecule has 1 N–H and O–H groups in total. The first-order chi connectivity index (χ1) is 7.13. The molecular weight excluding hydrogens is 190 g/mol. The van der Waals surface area contributed by atoms with Crippen LogP contribution in [-0.2, 0) is 16.0 Å². The number of carbonyl (C=O) groups excluding carboxylic acids is 2. The molecule has 1 aromatic rings. The van der Waals surface area contributed by atoms with Crippen molar-refractivity contribution in [1.29, 1.82) is 0 Å². The summed E-state index contributed by atoms with van der Waals surface area (Å²) >= 11 is 0. The highest BCUT2D eigenvalue weighted by molar-refractivity contribution is 6.39. The first-order valence-corrected chi connectivity index (χ1v) is 5.04. The molecule has 0 radical (unpaired) electrons. The van der Waals surface area contributed by atoms with Gasteiger partial charge in [0.2, 0.25) is 5.78 Å². The molecule has 0 atom stereocenters. The smallest absolute Gasteiger partial charge is 0.291 e. The van der Waals surface area contributed by atoms with Crippen LogP contribution in [0.3, 0.4) is 0 Å². The van der Waals surface area contributed by atoms with Crippen LogP contribution in [0, 0.1) is 0 Å². The molecule has 0 fully saturated rings. The molecule has 0 aliphatic rings. The molecule has 0 unspecified atom stereocenters. The highest BCUT2D eigenvalue weighted by Crippen LogP contribution is 2.10. The second-order valence-corrected chi connectivity index (χ2v) is 3.46. The second kappa shape index (κ2) is 5.29. The molecule has 0 aromatic heterocycles. The summed E-state index contributed by atoms with van der Waals surface area (Å²) in [5, 5.41) is 2.52. The van der Waals surface area contributed by atoms with E-state index in [9.17, 15) is 9.59 Å². The maximum absolute atomic E-state index is 11.1. The minimum Gasteiger partial charge on any atom is -0.319 e. The second-order valence-electron chi connectivity index (χ2n) is 3.46. The van der Waals surface area contributed by atoms with E-state index in [0.29, 0.717) is 5.69 Å². The topological polar surface area (TPSA) is 46.2 Å². The van der Waals surface area contributed by atoms with Crippen molar-refractivity contribution >= 4 is 17.4 Å². The Kier molecular flexibility index (Phi) is 4.03. The molecule has 0 bridgehead atoms. The van der Waals surface area contributed by atoms with Gasteiger partial charge in [0.05, 0.1) is 0 Å². The highest BCUT2D eigenvalue weighted by Gasteiger charge is 2.06. The van der Waals surface area contributed by atoms with E-state index in [2.05, 4.69) is 12.2 Å². The standard InChI is InChI=1S/C12H15NO2/c1-3-4-10-5-7-11(8-6-10)13-12(15)9(2)14/h5-8H,3-4H2,1-2H3,(H,13,15). The molecule has 3 nitrogen and oxygen atoms in total. The number of nitrogens with one attached hydrogen (secondary N) is 1. The minimum atomic E-state index is -0.571. The predicted octanol–water partition coefficient (Wildman–Crippen LogP) is 2.17. The molecule has 1 aromatic carbocycles. The Hall–Kier alpha value is -1.64. The van der Waals surface area contributed by atoms with Gasteiger partial charge in [-0.3, -0.25) is 9.59 Å². The number of hydrogen-bond acceptors (Lipinski definition) is 2. The van der Waals surface area contributed by atoms with Gasteiger partial charge in [-0.05, 0) is 24.1 Å². The Balaban J connectivity index is 2.64. The van der Waals surface area contributed by atoms with Gasteiger partial charge < -0.3 is 5.32 Å². The first kappa shape index (κ1) is 11.4. The zero-order valence-electron chi connectivity index (χ0n) is 9.04. The largest absolute Gasteiger partial charge is 0.319 e. The van der Waals surface area contributed by atoms with Crippen LogP contribution >= 0.6 is 0 Å². The molecule has 0 spiro atoms. The molecule has 0 aliphatic carbocycles. The molecule has 1 amide bonds. The van der Waals surface area contributed by atoms with Gasteiger partial charge >= 0.3 is 0 Å². The fourth-order valence-electron chi connectivity index (χ4n) is 1.26. The summed E-state index contributed by atoms with van der Waals surface area (Å²) in [6, 6.07) is 7.54. The minimum absolute atomic E-state index is 0.479. The average molecular weight is 205 g/mol. The normalized spacial score (nSPS) is 9.73. The Bertz CT molecular complexity index is 354. The maximum atomic E-state index is 11.1. The third-order valence-electron chi connectivity index (χ3n) is 2.07. The van der Waals surface area contributed by atoms with Crippen molar-refractivity contribution in [3.8, 4) is 0 Å². The van der Waals surface area contributed by atoms with Crippen molar-refractivity contribution < 1.29 is 9.59 Å². The Labute approximate surface area is 89.5 Å². The van der Waals surface area contributed by atoms with Gasteiger partial charge in [0, 0.05) is 12.6 Å². The number of amides is 1. The first-order valence-electron chi connectivity index (χ1n) is 5.04. The number of rotatable bonds is 4. The molecular formula is C12H15NO2. The quantitative estimate of drug-likeness (QED) is 0.766. The zero-order valence-corrected chi connectivity index (χ0v) is 9.04. The van der Waals surface area contributed by atoms with Crippen LogP contribution in [0.5, 0.6) is 0 Å². The van der Waals surface area contributed by atoms with Crippen LogP contribution in [0.4, 0.5) is 5.69 Å². The van der Waals surface area contributed by atoms with Crippen LogP contribution in [-0.4, -0.2) is 11.7 Å². The summed E-state index contributed by atoms with van der Waals surface area (Å²) in [6.07, 6.45) is 2.13. The van der Waals surface area contributed by atoms with Crippen LogP contribution in [0.2, 0.25) is 0 Å². The molecule has 0 saturated heterocycles. The molecule has 3 heteroatoms. The Morgan fingerprint density at radius 3 is 2.27 bits per heavy atom. The van der Waals surface area contributed by atoms with Gasteiger partial charge in [-0.1, -0.05) is 25.5 Å². The summed E-state index contributed by atoms with van der Waals surface area (Å²) in [6.45, 7) is 3.37. The van der Waals surface area contributed by atoms with E-state index in [1.165, 1.54) is 12.5 Å². The lowest BCUT2D eigenvalue weighted by Crippen LogP contribution is -2.19. The van der Waals surface area contributed by atoms with Crippen LogP contribution in [0.1, 0.15) is 25.8 Å². The van der Waals surface area contributed by atoms with E-state index in [4.69, 9.17) is 0 Å². The van der Waals surface area contributed by atoms with E-state index in [0.717, 1.165) is 12.8 Å². The van der Waals surface area contributed by atoms with Crippen LogP contribution < -0.4 is 5.32 Å². The molecule has 1 rings (SSSR count). The van der Waals surface area contributed by atoms with Gasteiger partial charge in [0.1, 0.15) is 0 Å². The van der Waals surface area contributed by atoms with Crippen molar-refractivity contribution in [3.05, 3.63) is 29.8 Å². The van der Waals surface area contributed by atoms with Crippen molar-refractivity contribution in [3.63, 3.8) is 0 Å². The van der Waals surface area contributed by atoms with E-state index in [1.54, 1.807) is 0 Å². The number of anilines is 1. The van der Waals surface area contributed by atoms with Crippen molar-refractivity contribution in [2.45, 2.75) is 26.7 Å². The predicted molar refractivity (Wildman–Crippen MR) is 59.7 cm³/mol. The number of benzene rings is 1. The van der Waals surface area contributed by atoms with Gasteiger partial charge in [0.25, 0.3) is 5.91 Å². The number of Topliss-reactive ketones (excluding diaryl/α,β-unsaturated/α-hetero) is 1. The number of carbonyl (C=O) groups is 2. The van der Waals surface area contributed by atoms with E-state index in [-0.39, 0.29) is 0 Å². The highest BCUT2D eigenvalue weighted by atomic mass is 16.2. The monoisotopic (exact) mass is 205 g/mol. The molecule has 0 aliphatic heterocycles. The third kappa shape index (κ3) is 3.54. The number of ketones is 1. The van der Waals surface area contributed by atoms with Crippen molar-refractivity contribution in [2.24, 2.45) is 0 Å². The summed E-state index contributed by atoms with van der Waals surface area (Å²) in [5.74, 6) is -1.05. The van der Waals surface area contributed by atoms with Crippen LogP contribution in [0.25, 0.3) is 0 Å². The van der Waals surface area contributed by atoms with E-state index >= 15 is 0 Å². The molecule has 0 saturated carbocycles. The fraction of sp³-hybridized carbons (Fsp3) is 0.333. The van der Waals surface area contributed by atoms with Gasteiger partial charge in [-0.15, -0.1) is 0 Å². The third-order valence-corrected chi connectivity index (χ3v) is 2.07.